The van der Waals surface area contributed by atoms with E-state index in [1.54, 1.807) is 12.1 Å². The number of nitrogens with one attached hydrogen (secondary N) is 1. The van der Waals surface area contributed by atoms with Crippen LogP contribution in [0.15, 0.2) is 18.2 Å². The monoisotopic (exact) mass is 285 g/mol. The molecule has 1 unspecified atom stereocenters. The Morgan fingerprint density at radius 1 is 1.32 bits per heavy atom. The van der Waals surface area contributed by atoms with E-state index in [9.17, 15) is 4.39 Å². The van der Waals surface area contributed by atoms with E-state index in [4.69, 9.17) is 11.6 Å². The minimum atomic E-state index is -0.316. The van der Waals surface area contributed by atoms with Crippen LogP contribution in [0.25, 0.3) is 0 Å². The zero-order valence-corrected chi connectivity index (χ0v) is 12.9. The third-order valence-corrected chi connectivity index (χ3v) is 3.48. The summed E-state index contributed by atoms with van der Waals surface area (Å²) in [4.78, 5) is 0. The molecule has 0 heterocycles. The minimum absolute atomic E-state index is 0.202. The van der Waals surface area contributed by atoms with Crippen LogP contribution in [0.2, 0.25) is 5.02 Å². The summed E-state index contributed by atoms with van der Waals surface area (Å²) in [5.74, 6) is 0.890. The van der Waals surface area contributed by atoms with Gasteiger partial charge in [-0.05, 0) is 61.9 Å². The van der Waals surface area contributed by atoms with Crippen molar-refractivity contribution in [3.63, 3.8) is 0 Å². The Bertz CT molecular complexity index is 379. The number of halogens is 2. The zero-order chi connectivity index (χ0) is 14.3. The van der Waals surface area contributed by atoms with Gasteiger partial charge in [0.05, 0.1) is 5.02 Å². The fourth-order valence-electron chi connectivity index (χ4n) is 2.39. The Kier molecular flexibility index (Phi) is 7.40. The molecular formula is C16H25ClFN. The molecule has 0 spiro atoms. The molecule has 1 atom stereocenters. The summed E-state index contributed by atoms with van der Waals surface area (Å²) >= 11 is 5.72. The number of benzene rings is 1. The van der Waals surface area contributed by atoms with Gasteiger partial charge in [0.15, 0.2) is 0 Å². The number of hydrogen-bond acceptors (Lipinski definition) is 1. The maximum absolute atomic E-state index is 13.5. The Labute approximate surface area is 121 Å². The summed E-state index contributed by atoms with van der Waals surface area (Å²) in [6.07, 6.45) is 3.20. The highest BCUT2D eigenvalue weighted by molar-refractivity contribution is 6.30. The number of rotatable bonds is 8. The molecule has 0 aromatic heterocycles. The van der Waals surface area contributed by atoms with Gasteiger partial charge in [0.2, 0.25) is 0 Å². The second-order valence-corrected chi connectivity index (χ2v) is 6.06. The van der Waals surface area contributed by atoms with Crippen LogP contribution in [0, 0.1) is 17.7 Å². The predicted octanol–water partition coefficient (Wildman–Crippen LogP) is 4.68. The van der Waals surface area contributed by atoms with Crippen LogP contribution in [0.4, 0.5) is 4.39 Å². The summed E-state index contributed by atoms with van der Waals surface area (Å²) in [6.45, 7) is 8.67. The highest BCUT2D eigenvalue weighted by Gasteiger charge is 2.12. The minimum Gasteiger partial charge on any atom is -0.316 e. The molecule has 1 nitrogen and oxygen atoms in total. The maximum Gasteiger partial charge on any atom is 0.142 e. The summed E-state index contributed by atoms with van der Waals surface area (Å²) in [5.41, 5.74) is 1.03. The Morgan fingerprint density at radius 2 is 2.05 bits per heavy atom. The molecule has 0 saturated carbocycles. The van der Waals surface area contributed by atoms with Crippen molar-refractivity contribution in [2.45, 2.75) is 40.0 Å². The van der Waals surface area contributed by atoms with Gasteiger partial charge in [-0.15, -0.1) is 0 Å². The molecule has 1 aromatic rings. The summed E-state index contributed by atoms with van der Waals surface area (Å²) in [7, 11) is 0. The third-order valence-electron chi connectivity index (χ3n) is 3.17. The normalized spacial score (nSPS) is 12.9. The molecule has 0 radical (unpaired) electrons. The fourth-order valence-corrected chi connectivity index (χ4v) is 2.51. The van der Waals surface area contributed by atoms with Crippen LogP contribution in [-0.4, -0.2) is 13.1 Å². The largest absolute Gasteiger partial charge is 0.316 e. The fraction of sp³-hybridized carbons (Fsp3) is 0.625. The lowest BCUT2D eigenvalue weighted by Gasteiger charge is -2.20. The van der Waals surface area contributed by atoms with Crippen molar-refractivity contribution in [1.29, 1.82) is 0 Å². The molecule has 108 valence electrons. The van der Waals surface area contributed by atoms with E-state index in [1.165, 1.54) is 0 Å². The molecule has 1 rings (SSSR count). The van der Waals surface area contributed by atoms with Gasteiger partial charge in [-0.1, -0.05) is 38.4 Å². The van der Waals surface area contributed by atoms with E-state index < -0.39 is 0 Å². The molecule has 3 heteroatoms. The van der Waals surface area contributed by atoms with E-state index in [-0.39, 0.29) is 10.8 Å². The molecule has 0 aliphatic carbocycles. The first-order chi connectivity index (χ1) is 9.02. The van der Waals surface area contributed by atoms with Crippen LogP contribution < -0.4 is 5.32 Å². The smallest absolute Gasteiger partial charge is 0.142 e. The first kappa shape index (κ1) is 16.5. The molecule has 0 aliphatic heterocycles. The van der Waals surface area contributed by atoms with E-state index in [0.29, 0.717) is 11.8 Å². The van der Waals surface area contributed by atoms with Crippen molar-refractivity contribution in [2.24, 2.45) is 11.8 Å². The highest BCUT2D eigenvalue weighted by Crippen LogP contribution is 2.20. The first-order valence-electron chi connectivity index (χ1n) is 7.17. The van der Waals surface area contributed by atoms with Crippen molar-refractivity contribution in [1.82, 2.24) is 5.32 Å². The first-order valence-corrected chi connectivity index (χ1v) is 7.55. The standard InChI is InChI=1S/C16H25ClFN/c1-4-7-19-11-14(8-12(2)3)9-13-5-6-15(17)16(18)10-13/h5-6,10,12,14,19H,4,7-9,11H2,1-3H3. The Hall–Kier alpha value is -0.600. The van der Waals surface area contributed by atoms with Crippen LogP contribution in [0.3, 0.4) is 0 Å². The molecule has 0 amide bonds. The molecule has 0 fully saturated rings. The molecule has 0 aliphatic rings. The summed E-state index contributed by atoms with van der Waals surface area (Å²) in [5, 5.41) is 3.67. The van der Waals surface area contributed by atoms with Crippen LogP contribution >= 0.6 is 11.6 Å². The van der Waals surface area contributed by atoms with Crippen molar-refractivity contribution < 1.29 is 4.39 Å². The van der Waals surface area contributed by atoms with E-state index >= 15 is 0 Å². The lowest BCUT2D eigenvalue weighted by Crippen LogP contribution is -2.26. The van der Waals surface area contributed by atoms with Gasteiger partial charge in [-0.3, -0.25) is 0 Å². The van der Waals surface area contributed by atoms with Crippen LogP contribution in [0.1, 0.15) is 39.2 Å². The summed E-state index contributed by atoms with van der Waals surface area (Å²) < 4.78 is 13.5. The molecule has 1 aromatic carbocycles. The predicted molar refractivity (Wildman–Crippen MR) is 81.2 cm³/mol. The zero-order valence-electron chi connectivity index (χ0n) is 12.2. The number of hydrogen-bond donors (Lipinski definition) is 1. The van der Waals surface area contributed by atoms with Crippen molar-refractivity contribution >= 4 is 11.6 Å². The van der Waals surface area contributed by atoms with Gasteiger partial charge in [0.1, 0.15) is 5.82 Å². The van der Waals surface area contributed by atoms with Gasteiger partial charge in [0, 0.05) is 0 Å². The molecule has 19 heavy (non-hydrogen) atoms. The SMILES string of the molecule is CCCNCC(Cc1ccc(Cl)c(F)c1)CC(C)C. The van der Waals surface area contributed by atoms with Crippen molar-refractivity contribution in [3.05, 3.63) is 34.6 Å². The van der Waals surface area contributed by atoms with Gasteiger partial charge < -0.3 is 5.32 Å². The lowest BCUT2D eigenvalue weighted by molar-refractivity contribution is 0.385. The highest BCUT2D eigenvalue weighted by atomic mass is 35.5. The Balaban J connectivity index is 2.61. The molecular weight excluding hydrogens is 261 g/mol. The Morgan fingerprint density at radius 3 is 2.63 bits per heavy atom. The van der Waals surface area contributed by atoms with Crippen LogP contribution in [0.5, 0.6) is 0 Å². The second-order valence-electron chi connectivity index (χ2n) is 5.65. The second kappa shape index (κ2) is 8.55. The molecule has 0 saturated heterocycles. The van der Waals surface area contributed by atoms with Crippen molar-refractivity contribution in [2.75, 3.05) is 13.1 Å². The average molecular weight is 286 g/mol. The third kappa shape index (κ3) is 6.40. The van der Waals surface area contributed by atoms with E-state index in [2.05, 4.69) is 26.1 Å². The lowest BCUT2D eigenvalue weighted by atomic mass is 9.91. The van der Waals surface area contributed by atoms with Gasteiger partial charge in [0.25, 0.3) is 0 Å². The van der Waals surface area contributed by atoms with E-state index in [0.717, 1.165) is 37.9 Å². The maximum atomic E-state index is 13.5. The molecule has 0 bridgehead atoms. The molecule has 1 N–H and O–H groups in total. The van der Waals surface area contributed by atoms with Crippen molar-refractivity contribution in [3.8, 4) is 0 Å². The van der Waals surface area contributed by atoms with Gasteiger partial charge >= 0.3 is 0 Å². The quantitative estimate of drug-likeness (QED) is 0.684. The topological polar surface area (TPSA) is 12.0 Å². The summed E-state index contributed by atoms with van der Waals surface area (Å²) in [6, 6.07) is 5.15. The van der Waals surface area contributed by atoms with Gasteiger partial charge in [-0.25, -0.2) is 4.39 Å². The average Bonchev–Trinajstić information content (AvgIpc) is 2.33. The van der Waals surface area contributed by atoms with E-state index in [1.807, 2.05) is 6.07 Å². The van der Waals surface area contributed by atoms with Gasteiger partial charge in [-0.2, -0.15) is 0 Å². The van der Waals surface area contributed by atoms with Crippen LogP contribution in [-0.2, 0) is 6.42 Å².